The van der Waals surface area contributed by atoms with Crippen LogP contribution in [-0.2, 0) is 0 Å². The predicted molar refractivity (Wildman–Crippen MR) is 86.0 cm³/mol. The molecule has 1 amide bonds. The lowest BCUT2D eigenvalue weighted by Gasteiger charge is -2.28. The Labute approximate surface area is 122 Å². The standard InChI is InChI=1S/C16H27N3O/c1-6-18-15(20)13-8-7-12(17)9-14(13)19-10-11(2)16(3,4)5/h7-9,11,19H,6,10,17H2,1-5H3,(H,18,20). The number of carbonyl (C=O) groups is 1. The molecule has 0 fully saturated rings. The molecule has 0 aliphatic carbocycles. The highest BCUT2D eigenvalue weighted by Gasteiger charge is 2.20. The Morgan fingerprint density at radius 2 is 2.00 bits per heavy atom. The number of nitrogens with two attached hydrogens (primary N) is 1. The molecule has 1 atom stereocenters. The van der Waals surface area contributed by atoms with Crippen molar-refractivity contribution in [3.63, 3.8) is 0 Å². The highest BCUT2D eigenvalue weighted by molar-refractivity contribution is 6.00. The van der Waals surface area contributed by atoms with Gasteiger partial charge in [-0.3, -0.25) is 4.79 Å². The maximum atomic E-state index is 12.0. The summed E-state index contributed by atoms with van der Waals surface area (Å²) in [4.78, 5) is 12.0. The van der Waals surface area contributed by atoms with Gasteiger partial charge in [0.25, 0.3) is 5.91 Å². The van der Waals surface area contributed by atoms with Gasteiger partial charge in [-0.25, -0.2) is 0 Å². The van der Waals surface area contributed by atoms with Crippen LogP contribution in [0.4, 0.5) is 11.4 Å². The zero-order valence-electron chi connectivity index (χ0n) is 13.2. The zero-order chi connectivity index (χ0) is 15.3. The molecule has 0 saturated heterocycles. The lowest BCUT2D eigenvalue weighted by atomic mass is 9.82. The summed E-state index contributed by atoms with van der Waals surface area (Å²) in [5, 5.41) is 6.18. The first-order chi connectivity index (χ1) is 9.25. The van der Waals surface area contributed by atoms with Crippen LogP contribution < -0.4 is 16.4 Å². The fourth-order valence-electron chi connectivity index (χ4n) is 1.73. The number of rotatable bonds is 5. The molecular weight excluding hydrogens is 250 g/mol. The molecule has 0 aliphatic rings. The molecule has 0 radical (unpaired) electrons. The van der Waals surface area contributed by atoms with Crippen LogP contribution in [0, 0.1) is 11.3 Å². The third-order valence-corrected chi connectivity index (χ3v) is 3.70. The molecule has 1 aromatic rings. The van der Waals surface area contributed by atoms with E-state index in [9.17, 15) is 4.79 Å². The van der Waals surface area contributed by atoms with Crippen LogP contribution in [0.5, 0.6) is 0 Å². The van der Waals surface area contributed by atoms with Gasteiger partial charge in [0.2, 0.25) is 0 Å². The van der Waals surface area contributed by atoms with Crippen LogP contribution in [0.2, 0.25) is 0 Å². The lowest BCUT2D eigenvalue weighted by molar-refractivity contribution is 0.0956. The van der Waals surface area contributed by atoms with Crippen LogP contribution in [0.1, 0.15) is 45.0 Å². The van der Waals surface area contributed by atoms with Crippen molar-refractivity contribution in [1.29, 1.82) is 0 Å². The van der Waals surface area contributed by atoms with E-state index in [2.05, 4.69) is 38.3 Å². The zero-order valence-corrected chi connectivity index (χ0v) is 13.2. The van der Waals surface area contributed by atoms with E-state index in [1.807, 2.05) is 13.0 Å². The Hall–Kier alpha value is -1.71. The topological polar surface area (TPSA) is 67.2 Å². The maximum Gasteiger partial charge on any atom is 0.253 e. The molecule has 4 heteroatoms. The number of hydrogen-bond acceptors (Lipinski definition) is 3. The van der Waals surface area contributed by atoms with Crippen molar-refractivity contribution < 1.29 is 4.79 Å². The Balaban J connectivity index is 2.88. The highest BCUT2D eigenvalue weighted by Crippen LogP contribution is 2.26. The number of hydrogen-bond donors (Lipinski definition) is 3. The van der Waals surface area contributed by atoms with Crippen molar-refractivity contribution in [2.45, 2.75) is 34.6 Å². The first-order valence-electron chi connectivity index (χ1n) is 7.17. The van der Waals surface area contributed by atoms with E-state index in [1.165, 1.54) is 0 Å². The van der Waals surface area contributed by atoms with Crippen molar-refractivity contribution in [2.75, 3.05) is 24.1 Å². The van der Waals surface area contributed by atoms with Gasteiger partial charge in [-0.1, -0.05) is 27.7 Å². The average Bonchev–Trinajstić information content (AvgIpc) is 2.35. The number of nitrogens with one attached hydrogen (secondary N) is 2. The maximum absolute atomic E-state index is 12.0. The second kappa shape index (κ2) is 6.64. The molecule has 112 valence electrons. The number of amides is 1. The van der Waals surface area contributed by atoms with Gasteiger partial charge in [-0.05, 0) is 36.5 Å². The van der Waals surface area contributed by atoms with Gasteiger partial charge in [0.1, 0.15) is 0 Å². The molecule has 0 aliphatic heterocycles. The molecular formula is C16H27N3O. The lowest BCUT2D eigenvalue weighted by Crippen LogP contribution is -2.27. The predicted octanol–water partition coefficient (Wildman–Crippen LogP) is 3.11. The summed E-state index contributed by atoms with van der Waals surface area (Å²) in [6.45, 7) is 12.2. The minimum atomic E-state index is -0.0709. The minimum absolute atomic E-state index is 0.0709. The number of carbonyl (C=O) groups excluding carboxylic acids is 1. The fraction of sp³-hybridized carbons (Fsp3) is 0.562. The second-order valence-corrected chi connectivity index (χ2v) is 6.31. The molecule has 1 aromatic carbocycles. The summed E-state index contributed by atoms with van der Waals surface area (Å²) >= 11 is 0. The molecule has 20 heavy (non-hydrogen) atoms. The molecule has 4 N–H and O–H groups in total. The van der Waals surface area contributed by atoms with Crippen molar-refractivity contribution in [2.24, 2.45) is 11.3 Å². The van der Waals surface area contributed by atoms with Crippen LogP contribution in [0.15, 0.2) is 18.2 Å². The van der Waals surface area contributed by atoms with Crippen molar-refractivity contribution >= 4 is 17.3 Å². The van der Waals surface area contributed by atoms with Gasteiger partial charge in [0.15, 0.2) is 0 Å². The van der Waals surface area contributed by atoms with Gasteiger partial charge in [0, 0.05) is 24.5 Å². The average molecular weight is 277 g/mol. The summed E-state index contributed by atoms with van der Waals surface area (Å²) in [6.07, 6.45) is 0. The van der Waals surface area contributed by atoms with Gasteiger partial charge >= 0.3 is 0 Å². The van der Waals surface area contributed by atoms with Crippen molar-refractivity contribution in [3.05, 3.63) is 23.8 Å². The molecule has 0 bridgehead atoms. The normalized spacial score (nSPS) is 12.8. The molecule has 0 saturated carbocycles. The quantitative estimate of drug-likeness (QED) is 0.724. The summed E-state index contributed by atoms with van der Waals surface area (Å²) in [7, 11) is 0. The summed E-state index contributed by atoms with van der Waals surface area (Å²) in [6, 6.07) is 5.34. The van der Waals surface area contributed by atoms with Crippen LogP contribution in [0.25, 0.3) is 0 Å². The van der Waals surface area contributed by atoms with Crippen LogP contribution in [-0.4, -0.2) is 19.0 Å². The smallest absolute Gasteiger partial charge is 0.253 e. The molecule has 0 heterocycles. The third-order valence-electron chi connectivity index (χ3n) is 3.70. The Kier molecular flexibility index (Phi) is 5.43. The van der Waals surface area contributed by atoms with Gasteiger partial charge < -0.3 is 16.4 Å². The monoisotopic (exact) mass is 277 g/mol. The number of anilines is 2. The van der Waals surface area contributed by atoms with E-state index in [1.54, 1.807) is 12.1 Å². The summed E-state index contributed by atoms with van der Waals surface area (Å²) in [5.74, 6) is 0.407. The first-order valence-corrected chi connectivity index (χ1v) is 7.17. The molecule has 1 rings (SSSR count). The van der Waals surface area contributed by atoms with Crippen molar-refractivity contribution in [1.82, 2.24) is 5.32 Å². The van der Waals surface area contributed by atoms with E-state index in [-0.39, 0.29) is 11.3 Å². The Morgan fingerprint density at radius 3 is 2.55 bits per heavy atom. The molecule has 1 unspecified atom stereocenters. The van der Waals surface area contributed by atoms with E-state index in [0.717, 1.165) is 12.2 Å². The molecule has 0 aromatic heterocycles. The fourth-order valence-corrected chi connectivity index (χ4v) is 1.73. The minimum Gasteiger partial charge on any atom is -0.399 e. The number of nitrogen functional groups attached to an aromatic ring is 1. The van der Waals surface area contributed by atoms with E-state index in [0.29, 0.717) is 23.7 Å². The van der Waals surface area contributed by atoms with Crippen LogP contribution >= 0.6 is 0 Å². The SMILES string of the molecule is CCNC(=O)c1ccc(N)cc1NCC(C)C(C)(C)C. The highest BCUT2D eigenvalue weighted by atomic mass is 16.1. The van der Waals surface area contributed by atoms with E-state index >= 15 is 0 Å². The summed E-state index contributed by atoms with van der Waals surface area (Å²) in [5.41, 5.74) is 8.14. The molecule has 0 spiro atoms. The van der Waals surface area contributed by atoms with Gasteiger partial charge in [0.05, 0.1) is 5.56 Å². The van der Waals surface area contributed by atoms with Crippen LogP contribution in [0.3, 0.4) is 0 Å². The Morgan fingerprint density at radius 1 is 1.35 bits per heavy atom. The summed E-state index contributed by atoms with van der Waals surface area (Å²) < 4.78 is 0. The van der Waals surface area contributed by atoms with Gasteiger partial charge in [-0.2, -0.15) is 0 Å². The first kappa shape index (κ1) is 16.3. The van der Waals surface area contributed by atoms with E-state index in [4.69, 9.17) is 5.73 Å². The molecule has 4 nitrogen and oxygen atoms in total. The third kappa shape index (κ3) is 4.44. The van der Waals surface area contributed by atoms with Gasteiger partial charge in [-0.15, -0.1) is 0 Å². The van der Waals surface area contributed by atoms with E-state index < -0.39 is 0 Å². The largest absolute Gasteiger partial charge is 0.399 e. The number of benzene rings is 1. The van der Waals surface area contributed by atoms with Crippen molar-refractivity contribution in [3.8, 4) is 0 Å². The Bertz CT molecular complexity index is 463. The second-order valence-electron chi connectivity index (χ2n) is 6.31.